The number of rotatable bonds is 5. The predicted octanol–water partition coefficient (Wildman–Crippen LogP) is 3.07. The maximum absolute atomic E-state index is 12.9. The van der Waals surface area contributed by atoms with E-state index in [2.05, 4.69) is 12.2 Å². The highest BCUT2D eigenvalue weighted by molar-refractivity contribution is 7.92. The van der Waals surface area contributed by atoms with E-state index in [0.29, 0.717) is 55.3 Å². The van der Waals surface area contributed by atoms with Crippen molar-refractivity contribution in [1.82, 2.24) is 4.31 Å². The van der Waals surface area contributed by atoms with Crippen molar-refractivity contribution in [1.29, 1.82) is 0 Å². The summed E-state index contributed by atoms with van der Waals surface area (Å²) in [6, 6.07) is 11.2. The Balaban J connectivity index is 1.48. The van der Waals surface area contributed by atoms with Gasteiger partial charge in [0, 0.05) is 30.9 Å². The van der Waals surface area contributed by atoms with Gasteiger partial charge in [0.05, 0.1) is 16.8 Å². The highest BCUT2D eigenvalue weighted by Crippen LogP contribution is 2.30. The van der Waals surface area contributed by atoms with Gasteiger partial charge in [-0.2, -0.15) is 4.31 Å². The number of nitrogens with one attached hydrogen (secondary N) is 1. The summed E-state index contributed by atoms with van der Waals surface area (Å²) in [5.74, 6) is 0.00274. The Morgan fingerprint density at radius 3 is 2.39 bits per heavy atom. The Morgan fingerprint density at radius 2 is 1.73 bits per heavy atom. The molecule has 178 valence electrons. The number of hydrogen-bond acceptors (Lipinski definition) is 5. The van der Waals surface area contributed by atoms with Gasteiger partial charge in [0.25, 0.3) is 5.91 Å². The number of fused-ring (bicyclic) bond motifs is 1. The van der Waals surface area contributed by atoms with Gasteiger partial charge in [0.15, 0.2) is 0 Å². The van der Waals surface area contributed by atoms with Gasteiger partial charge >= 0.3 is 0 Å². The maximum Gasteiger partial charge on any atom is 0.255 e. The van der Waals surface area contributed by atoms with Crippen LogP contribution in [0.3, 0.4) is 0 Å². The number of benzene rings is 2. The summed E-state index contributed by atoms with van der Waals surface area (Å²) in [7, 11) is -6.92. The van der Waals surface area contributed by atoms with E-state index in [-0.39, 0.29) is 10.8 Å². The molecule has 1 atom stereocenters. The molecule has 1 unspecified atom stereocenters. The number of piperidine rings is 1. The first kappa shape index (κ1) is 23.7. The number of amides is 1. The van der Waals surface area contributed by atoms with E-state index in [1.807, 2.05) is 0 Å². The highest BCUT2D eigenvalue weighted by atomic mass is 32.2. The summed E-state index contributed by atoms with van der Waals surface area (Å²) in [6.07, 6.45) is 4.46. The van der Waals surface area contributed by atoms with Crippen LogP contribution in [-0.2, 0) is 26.5 Å². The maximum atomic E-state index is 12.9. The summed E-state index contributed by atoms with van der Waals surface area (Å²) in [5, 5.41) is 2.79. The van der Waals surface area contributed by atoms with Crippen molar-refractivity contribution in [3.05, 3.63) is 53.6 Å². The third kappa shape index (κ3) is 5.07. The topological polar surface area (TPSA) is 104 Å². The van der Waals surface area contributed by atoms with E-state index in [4.69, 9.17) is 0 Å². The Morgan fingerprint density at radius 1 is 1.00 bits per heavy atom. The van der Waals surface area contributed by atoms with Crippen molar-refractivity contribution in [3.63, 3.8) is 0 Å². The van der Waals surface area contributed by atoms with Crippen molar-refractivity contribution < 1.29 is 21.6 Å². The minimum atomic E-state index is -3.55. The molecule has 8 nitrogen and oxygen atoms in total. The van der Waals surface area contributed by atoms with Crippen molar-refractivity contribution in [2.75, 3.05) is 35.5 Å². The fraction of sp³-hybridized carbons (Fsp3) is 0.435. The van der Waals surface area contributed by atoms with Crippen LogP contribution in [0.15, 0.2) is 47.4 Å². The minimum Gasteiger partial charge on any atom is -0.322 e. The lowest BCUT2D eigenvalue weighted by molar-refractivity contribution is 0.102. The molecule has 1 saturated heterocycles. The summed E-state index contributed by atoms with van der Waals surface area (Å²) >= 11 is 0. The average Bonchev–Trinajstić information content (AvgIpc) is 2.78. The van der Waals surface area contributed by atoms with Gasteiger partial charge in [-0.1, -0.05) is 6.92 Å². The first-order valence-electron chi connectivity index (χ1n) is 11.1. The van der Waals surface area contributed by atoms with Crippen LogP contribution in [-0.4, -0.2) is 52.9 Å². The van der Waals surface area contributed by atoms with Crippen LogP contribution < -0.4 is 9.62 Å². The molecule has 4 rings (SSSR count). The number of aryl methyl sites for hydroxylation is 1. The average molecular weight is 492 g/mol. The summed E-state index contributed by atoms with van der Waals surface area (Å²) in [4.78, 5) is 13.0. The second-order valence-corrected chi connectivity index (χ2v) is 12.7. The molecule has 10 heteroatoms. The molecule has 0 spiro atoms. The highest BCUT2D eigenvalue weighted by Gasteiger charge is 2.29. The van der Waals surface area contributed by atoms with Crippen molar-refractivity contribution in [2.45, 2.75) is 37.5 Å². The Labute approximate surface area is 195 Å². The van der Waals surface area contributed by atoms with E-state index in [1.54, 1.807) is 30.3 Å². The number of sulfonamides is 2. The second-order valence-electron chi connectivity index (χ2n) is 8.87. The Bertz CT molecular complexity index is 1260. The van der Waals surface area contributed by atoms with Crippen LogP contribution in [0.25, 0.3) is 0 Å². The van der Waals surface area contributed by atoms with Crippen LogP contribution in [0.5, 0.6) is 0 Å². The van der Waals surface area contributed by atoms with Gasteiger partial charge in [0.2, 0.25) is 20.0 Å². The summed E-state index contributed by atoms with van der Waals surface area (Å²) in [6.45, 7) is 3.54. The van der Waals surface area contributed by atoms with Crippen molar-refractivity contribution in [3.8, 4) is 0 Å². The molecule has 0 bridgehead atoms. The second kappa shape index (κ2) is 9.08. The molecule has 0 saturated carbocycles. The third-order valence-electron chi connectivity index (χ3n) is 6.19. The fourth-order valence-electron chi connectivity index (χ4n) is 4.48. The monoisotopic (exact) mass is 491 g/mol. The Hall–Kier alpha value is -2.43. The van der Waals surface area contributed by atoms with E-state index in [9.17, 15) is 21.6 Å². The van der Waals surface area contributed by atoms with E-state index in [0.717, 1.165) is 18.4 Å². The van der Waals surface area contributed by atoms with Gasteiger partial charge in [-0.15, -0.1) is 0 Å². The molecule has 2 aliphatic heterocycles. The standard InChI is InChI=1S/C23H29N3O5S2/c1-17-5-3-13-25(16-17)33(30,31)21-10-8-20(9-11-21)24-23(27)19-7-12-22-18(15-19)6-4-14-26(22)32(2,28)29/h7-12,15,17H,3-6,13-14,16H2,1-2H3,(H,24,27). The van der Waals surface area contributed by atoms with E-state index < -0.39 is 20.0 Å². The predicted molar refractivity (Wildman–Crippen MR) is 129 cm³/mol. The quantitative estimate of drug-likeness (QED) is 0.692. The molecule has 0 aliphatic carbocycles. The molecule has 2 aromatic rings. The number of anilines is 2. The third-order valence-corrected chi connectivity index (χ3v) is 9.25. The van der Waals surface area contributed by atoms with Gasteiger partial charge < -0.3 is 5.32 Å². The molecule has 2 aromatic carbocycles. The zero-order chi connectivity index (χ0) is 23.8. The van der Waals surface area contributed by atoms with Gasteiger partial charge in [-0.25, -0.2) is 16.8 Å². The van der Waals surface area contributed by atoms with Gasteiger partial charge in [-0.05, 0) is 79.6 Å². The molecule has 2 aliphatic rings. The minimum absolute atomic E-state index is 0.212. The van der Waals surface area contributed by atoms with Crippen LogP contribution in [0, 0.1) is 5.92 Å². The van der Waals surface area contributed by atoms with Crippen molar-refractivity contribution >= 4 is 37.3 Å². The zero-order valence-electron chi connectivity index (χ0n) is 18.8. The number of hydrogen-bond donors (Lipinski definition) is 1. The van der Waals surface area contributed by atoms with E-state index >= 15 is 0 Å². The molecule has 1 N–H and O–H groups in total. The molecular formula is C23H29N3O5S2. The van der Waals surface area contributed by atoms with Crippen molar-refractivity contribution in [2.24, 2.45) is 5.92 Å². The molecule has 33 heavy (non-hydrogen) atoms. The number of carbonyl (C=O) groups is 1. The summed E-state index contributed by atoms with van der Waals surface area (Å²) in [5.41, 5.74) is 2.34. The SMILES string of the molecule is CC1CCCN(S(=O)(=O)c2ccc(NC(=O)c3ccc4c(c3)CCCN4S(C)(=O)=O)cc2)C1. The fourth-order valence-corrected chi connectivity index (χ4v) is 7.07. The molecule has 2 heterocycles. The van der Waals surface area contributed by atoms with Crippen LogP contribution in [0.4, 0.5) is 11.4 Å². The molecule has 0 aromatic heterocycles. The Kier molecular flexibility index (Phi) is 6.52. The largest absolute Gasteiger partial charge is 0.322 e. The van der Waals surface area contributed by atoms with E-state index in [1.165, 1.54) is 27.0 Å². The van der Waals surface area contributed by atoms with Gasteiger partial charge in [-0.3, -0.25) is 9.10 Å². The van der Waals surface area contributed by atoms with Gasteiger partial charge in [0.1, 0.15) is 0 Å². The zero-order valence-corrected chi connectivity index (χ0v) is 20.5. The molecule has 1 amide bonds. The number of carbonyl (C=O) groups excluding carboxylic acids is 1. The normalized spacial score (nSPS) is 19.7. The lowest BCUT2D eigenvalue weighted by atomic mass is 10.0. The lowest BCUT2D eigenvalue weighted by Crippen LogP contribution is -2.39. The number of nitrogens with zero attached hydrogens (tertiary/aromatic N) is 2. The molecular weight excluding hydrogens is 462 g/mol. The first-order chi connectivity index (χ1) is 15.6. The van der Waals surface area contributed by atoms with Crippen LogP contribution in [0.2, 0.25) is 0 Å². The molecule has 0 radical (unpaired) electrons. The first-order valence-corrected chi connectivity index (χ1v) is 14.4. The summed E-state index contributed by atoms with van der Waals surface area (Å²) < 4.78 is 52.8. The lowest BCUT2D eigenvalue weighted by Gasteiger charge is -2.30. The molecule has 1 fully saturated rings. The smallest absolute Gasteiger partial charge is 0.255 e. The van der Waals surface area contributed by atoms with Crippen LogP contribution in [0.1, 0.15) is 42.1 Å². The van der Waals surface area contributed by atoms with Crippen LogP contribution >= 0.6 is 0 Å².